The van der Waals surface area contributed by atoms with E-state index in [4.69, 9.17) is 0 Å². The molecule has 0 saturated carbocycles. The Morgan fingerprint density at radius 2 is 2.04 bits per heavy atom. The maximum atomic E-state index is 12.2. The molecular formula is C18H30N4O2S. The van der Waals surface area contributed by atoms with Gasteiger partial charge in [0.25, 0.3) is 0 Å². The zero-order chi connectivity index (χ0) is 18.1. The average Bonchev–Trinajstić information content (AvgIpc) is 3.09. The van der Waals surface area contributed by atoms with Crippen LogP contribution in [0, 0.1) is 0 Å². The highest BCUT2D eigenvalue weighted by Crippen LogP contribution is 2.15. The first-order chi connectivity index (χ1) is 12.1. The van der Waals surface area contributed by atoms with E-state index >= 15 is 0 Å². The van der Waals surface area contributed by atoms with Gasteiger partial charge < -0.3 is 10.6 Å². The monoisotopic (exact) mass is 366 g/mol. The lowest BCUT2D eigenvalue weighted by molar-refractivity contribution is 0.267. The number of rotatable bonds is 8. The van der Waals surface area contributed by atoms with Crippen molar-refractivity contribution in [3.8, 4) is 0 Å². The summed E-state index contributed by atoms with van der Waals surface area (Å²) < 4.78 is 24.5. The van der Waals surface area contributed by atoms with Crippen molar-refractivity contribution in [1.82, 2.24) is 15.5 Å². The third-order valence-corrected chi connectivity index (χ3v) is 6.44. The van der Waals surface area contributed by atoms with Crippen LogP contribution in [0.1, 0.15) is 26.2 Å². The Labute approximate surface area is 151 Å². The van der Waals surface area contributed by atoms with E-state index in [1.54, 1.807) is 31.3 Å². The van der Waals surface area contributed by atoms with Crippen LogP contribution in [0.25, 0.3) is 0 Å². The SMILES string of the molecule is CCN1CCCC1CNC(=NC)NCCCS(=O)(=O)c1ccccc1. The van der Waals surface area contributed by atoms with E-state index in [0.717, 1.165) is 19.0 Å². The van der Waals surface area contributed by atoms with Gasteiger partial charge in [-0.05, 0) is 44.5 Å². The fraction of sp³-hybridized carbons (Fsp3) is 0.611. The van der Waals surface area contributed by atoms with Crippen molar-refractivity contribution in [1.29, 1.82) is 0 Å². The number of nitrogens with one attached hydrogen (secondary N) is 2. The van der Waals surface area contributed by atoms with Crippen molar-refractivity contribution >= 4 is 15.8 Å². The molecule has 6 nitrogen and oxygen atoms in total. The van der Waals surface area contributed by atoms with Gasteiger partial charge in [0.2, 0.25) is 0 Å². The molecule has 1 aliphatic heterocycles. The highest BCUT2D eigenvalue weighted by atomic mass is 32.2. The molecule has 25 heavy (non-hydrogen) atoms. The first-order valence-electron chi connectivity index (χ1n) is 9.03. The van der Waals surface area contributed by atoms with E-state index in [-0.39, 0.29) is 5.75 Å². The summed E-state index contributed by atoms with van der Waals surface area (Å²) >= 11 is 0. The normalized spacial score (nSPS) is 19.1. The molecule has 1 aliphatic rings. The molecule has 0 aliphatic carbocycles. The number of hydrogen-bond donors (Lipinski definition) is 2. The van der Waals surface area contributed by atoms with E-state index in [2.05, 4.69) is 27.4 Å². The van der Waals surface area contributed by atoms with Gasteiger partial charge in [-0.1, -0.05) is 25.1 Å². The molecule has 1 saturated heterocycles. The Kier molecular flexibility index (Phi) is 7.71. The van der Waals surface area contributed by atoms with Gasteiger partial charge in [0, 0.05) is 26.2 Å². The molecule has 7 heteroatoms. The maximum absolute atomic E-state index is 12.2. The number of likely N-dealkylation sites (N-methyl/N-ethyl adjacent to an activating group) is 1. The van der Waals surface area contributed by atoms with Crippen molar-refractivity contribution in [3.05, 3.63) is 30.3 Å². The van der Waals surface area contributed by atoms with Gasteiger partial charge in [-0.2, -0.15) is 0 Å². The molecule has 1 aromatic rings. The Morgan fingerprint density at radius 3 is 2.72 bits per heavy atom. The van der Waals surface area contributed by atoms with Crippen molar-refractivity contribution in [3.63, 3.8) is 0 Å². The molecule has 0 aromatic heterocycles. The van der Waals surface area contributed by atoms with Gasteiger partial charge in [0.05, 0.1) is 10.6 Å². The van der Waals surface area contributed by atoms with E-state index in [0.29, 0.717) is 23.9 Å². The summed E-state index contributed by atoms with van der Waals surface area (Å²) in [5, 5.41) is 6.56. The smallest absolute Gasteiger partial charge is 0.191 e. The van der Waals surface area contributed by atoms with Crippen LogP contribution in [-0.4, -0.2) is 64.3 Å². The minimum absolute atomic E-state index is 0.132. The van der Waals surface area contributed by atoms with Crippen LogP contribution in [0.4, 0.5) is 0 Å². The molecular weight excluding hydrogens is 336 g/mol. The highest BCUT2D eigenvalue weighted by Gasteiger charge is 2.22. The Balaban J connectivity index is 1.71. The van der Waals surface area contributed by atoms with Crippen molar-refractivity contribution in [2.75, 3.05) is 39.0 Å². The minimum atomic E-state index is -3.21. The molecule has 0 radical (unpaired) electrons. The first-order valence-corrected chi connectivity index (χ1v) is 10.7. The predicted molar refractivity (Wildman–Crippen MR) is 103 cm³/mol. The zero-order valence-corrected chi connectivity index (χ0v) is 16.1. The van der Waals surface area contributed by atoms with E-state index in [1.165, 1.54) is 19.4 Å². The fourth-order valence-electron chi connectivity index (χ4n) is 3.19. The van der Waals surface area contributed by atoms with Gasteiger partial charge in [-0.25, -0.2) is 8.42 Å². The number of likely N-dealkylation sites (tertiary alicyclic amines) is 1. The van der Waals surface area contributed by atoms with Gasteiger partial charge in [-0.3, -0.25) is 9.89 Å². The standard InChI is InChI=1S/C18H30N4O2S/c1-3-22-13-7-9-16(22)15-21-18(19-2)20-12-8-14-25(23,24)17-10-5-4-6-11-17/h4-6,10-11,16H,3,7-9,12-15H2,1-2H3,(H2,19,20,21). The summed E-state index contributed by atoms with van der Waals surface area (Å²) in [7, 11) is -1.47. The molecule has 1 unspecified atom stereocenters. The van der Waals surface area contributed by atoms with Crippen LogP contribution < -0.4 is 10.6 Å². The van der Waals surface area contributed by atoms with Crippen LogP contribution in [-0.2, 0) is 9.84 Å². The Hall–Kier alpha value is -1.60. The number of hydrogen-bond acceptors (Lipinski definition) is 4. The van der Waals surface area contributed by atoms with E-state index in [9.17, 15) is 8.42 Å². The number of guanidine groups is 1. The molecule has 0 bridgehead atoms. The molecule has 0 amide bonds. The lowest BCUT2D eigenvalue weighted by Gasteiger charge is -2.23. The topological polar surface area (TPSA) is 73.8 Å². The second-order valence-corrected chi connectivity index (χ2v) is 8.40. The van der Waals surface area contributed by atoms with Crippen molar-refractivity contribution in [2.45, 2.75) is 37.1 Å². The number of sulfone groups is 1. The van der Waals surface area contributed by atoms with Gasteiger partial charge >= 0.3 is 0 Å². The van der Waals surface area contributed by atoms with Crippen LogP contribution in [0.5, 0.6) is 0 Å². The molecule has 1 fully saturated rings. The predicted octanol–water partition coefficient (Wildman–Crippen LogP) is 1.50. The summed E-state index contributed by atoms with van der Waals surface area (Å²) in [4.78, 5) is 7.08. The molecule has 1 heterocycles. The third kappa shape index (κ3) is 6.01. The summed E-state index contributed by atoms with van der Waals surface area (Å²) in [5.41, 5.74) is 0. The number of aliphatic imine (C=N–C) groups is 1. The van der Waals surface area contributed by atoms with Crippen LogP contribution in [0.2, 0.25) is 0 Å². The fourth-order valence-corrected chi connectivity index (χ4v) is 4.52. The Bertz CT molecular complexity index is 646. The van der Waals surface area contributed by atoms with Gasteiger partial charge in [-0.15, -0.1) is 0 Å². The van der Waals surface area contributed by atoms with Crippen molar-refractivity contribution in [2.24, 2.45) is 4.99 Å². The van der Waals surface area contributed by atoms with Crippen molar-refractivity contribution < 1.29 is 8.42 Å². The largest absolute Gasteiger partial charge is 0.356 e. The number of nitrogens with zero attached hydrogens (tertiary/aromatic N) is 2. The maximum Gasteiger partial charge on any atom is 0.191 e. The first kappa shape index (κ1) is 19.7. The molecule has 2 N–H and O–H groups in total. The van der Waals surface area contributed by atoms with Crippen LogP contribution in [0.3, 0.4) is 0 Å². The van der Waals surface area contributed by atoms with Gasteiger partial charge in [0.15, 0.2) is 15.8 Å². The summed E-state index contributed by atoms with van der Waals surface area (Å²) in [6, 6.07) is 9.16. The lowest BCUT2D eigenvalue weighted by atomic mass is 10.2. The number of benzene rings is 1. The molecule has 1 aromatic carbocycles. The third-order valence-electron chi connectivity index (χ3n) is 4.62. The molecule has 0 spiro atoms. The average molecular weight is 367 g/mol. The second kappa shape index (κ2) is 9.77. The summed E-state index contributed by atoms with van der Waals surface area (Å²) in [5.74, 6) is 0.868. The van der Waals surface area contributed by atoms with Crippen LogP contribution in [0.15, 0.2) is 40.2 Å². The van der Waals surface area contributed by atoms with Gasteiger partial charge in [0.1, 0.15) is 0 Å². The molecule has 140 valence electrons. The van der Waals surface area contributed by atoms with E-state index in [1.807, 2.05) is 6.07 Å². The lowest BCUT2D eigenvalue weighted by Crippen LogP contribution is -2.45. The summed E-state index contributed by atoms with van der Waals surface area (Å²) in [6.45, 7) is 5.89. The minimum Gasteiger partial charge on any atom is -0.356 e. The zero-order valence-electron chi connectivity index (χ0n) is 15.2. The molecule has 1 atom stereocenters. The quantitative estimate of drug-likeness (QED) is 0.414. The summed E-state index contributed by atoms with van der Waals surface area (Å²) in [6.07, 6.45) is 3.01. The second-order valence-electron chi connectivity index (χ2n) is 6.29. The van der Waals surface area contributed by atoms with E-state index < -0.39 is 9.84 Å². The Morgan fingerprint density at radius 1 is 1.28 bits per heavy atom. The van der Waals surface area contributed by atoms with Crippen LogP contribution >= 0.6 is 0 Å². The molecule has 2 rings (SSSR count). The highest BCUT2D eigenvalue weighted by molar-refractivity contribution is 7.91.